The molecule has 1 spiro atoms. The lowest BCUT2D eigenvalue weighted by atomic mass is 9.78. The largest absolute Gasteiger partial charge is 0.493 e. The van der Waals surface area contributed by atoms with Gasteiger partial charge in [-0.25, -0.2) is 0 Å². The lowest BCUT2D eigenvalue weighted by molar-refractivity contribution is -0.125. The van der Waals surface area contributed by atoms with Crippen molar-refractivity contribution in [3.63, 3.8) is 0 Å². The number of aromatic nitrogens is 3. The Bertz CT molecular complexity index is 799. The van der Waals surface area contributed by atoms with Gasteiger partial charge in [-0.05, 0) is 63.1 Å². The van der Waals surface area contributed by atoms with E-state index in [1.807, 2.05) is 30.0 Å². The van der Waals surface area contributed by atoms with Crippen LogP contribution in [0.1, 0.15) is 49.5 Å². The molecule has 7 nitrogen and oxygen atoms in total. The van der Waals surface area contributed by atoms with Gasteiger partial charge < -0.3 is 14.4 Å². The van der Waals surface area contributed by atoms with Crippen LogP contribution in [0.25, 0.3) is 0 Å². The third-order valence-corrected chi connectivity index (χ3v) is 6.24. The molecule has 156 valence electrons. The standard InChI is InChI=1S/C22H30N4O3/c1-2-26-20(5-12-24-26)21(27)25-13-8-22(9-14-25)17-18(7-16-29-22)6-15-28-19-3-10-23-11-4-19/h3-5,10-12,18H,2,6-9,13-17H2,1H3. The molecular formula is C22H30N4O3. The Labute approximate surface area is 172 Å². The summed E-state index contributed by atoms with van der Waals surface area (Å²) in [6.45, 7) is 5.72. The SMILES string of the molecule is CCn1nccc1C(=O)N1CCC2(CC1)CC(CCOc1ccncc1)CCO2. The van der Waals surface area contributed by atoms with Gasteiger partial charge in [0.2, 0.25) is 0 Å². The van der Waals surface area contributed by atoms with E-state index >= 15 is 0 Å². The van der Waals surface area contributed by atoms with E-state index < -0.39 is 0 Å². The summed E-state index contributed by atoms with van der Waals surface area (Å²) in [5, 5.41) is 4.22. The first-order chi connectivity index (χ1) is 14.2. The number of amides is 1. The van der Waals surface area contributed by atoms with Crippen LogP contribution in [0.4, 0.5) is 0 Å². The predicted molar refractivity (Wildman–Crippen MR) is 109 cm³/mol. The van der Waals surface area contributed by atoms with Crippen LogP contribution in [0.15, 0.2) is 36.8 Å². The van der Waals surface area contributed by atoms with Crippen molar-refractivity contribution < 1.29 is 14.3 Å². The number of aryl methyl sites for hydroxylation is 1. The maximum Gasteiger partial charge on any atom is 0.272 e. The van der Waals surface area contributed by atoms with E-state index in [0.717, 1.165) is 64.2 Å². The molecule has 4 heterocycles. The van der Waals surface area contributed by atoms with Gasteiger partial charge in [-0.1, -0.05) is 0 Å². The van der Waals surface area contributed by atoms with Crippen LogP contribution in [0.5, 0.6) is 5.75 Å². The number of carbonyl (C=O) groups excluding carboxylic acids is 1. The number of ether oxygens (including phenoxy) is 2. The molecule has 0 saturated carbocycles. The van der Waals surface area contributed by atoms with E-state index in [9.17, 15) is 4.79 Å². The molecule has 0 bridgehead atoms. The second-order valence-electron chi connectivity index (χ2n) is 8.03. The molecule has 1 amide bonds. The van der Waals surface area contributed by atoms with E-state index in [0.29, 0.717) is 18.2 Å². The predicted octanol–water partition coefficient (Wildman–Crippen LogP) is 3.17. The number of likely N-dealkylation sites (tertiary alicyclic amines) is 1. The summed E-state index contributed by atoms with van der Waals surface area (Å²) in [5.41, 5.74) is 0.598. The van der Waals surface area contributed by atoms with E-state index in [-0.39, 0.29) is 11.5 Å². The lowest BCUT2D eigenvalue weighted by Gasteiger charge is -2.46. The third kappa shape index (κ3) is 4.61. The number of hydrogen-bond donors (Lipinski definition) is 0. The normalized spacial score (nSPS) is 21.3. The smallest absolute Gasteiger partial charge is 0.272 e. The lowest BCUT2D eigenvalue weighted by Crippen LogP contribution is -2.51. The maximum absolute atomic E-state index is 12.9. The van der Waals surface area contributed by atoms with Gasteiger partial charge in [0, 0.05) is 44.8 Å². The van der Waals surface area contributed by atoms with Crippen molar-refractivity contribution in [3.05, 3.63) is 42.5 Å². The second kappa shape index (κ2) is 8.95. The second-order valence-corrected chi connectivity index (χ2v) is 8.03. The van der Waals surface area contributed by atoms with Crippen molar-refractivity contribution in [3.8, 4) is 5.75 Å². The molecule has 1 atom stereocenters. The molecule has 1 unspecified atom stereocenters. The van der Waals surface area contributed by atoms with Gasteiger partial charge in [-0.3, -0.25) is 14.5 Å². The number of nitrogens with zero attached hydrogens (tertiary/aromatic N) is 4. The summed E-state index contributed by atoms with van der Waals surface area (Å²) in [6.07, 6.45) is 10.2. The van der Waals surface area contributed by atoms with Crippen molar-refractivity contribution in [2.24, 2.45) is 5.92 Å². The highest BCUT2D eigenvalue weighted by molar-refractivity contribution is 5.92. The topological polar surface area (TPSA) is 69.5 Å². The highest BCUT2D eigenvalue weighted by Gasteiger charge is 2.41. The zero-order valence-electron chi connectivity index (χ0n) is 17.1. The van der Waals surface area contributed by atoms with Gasteiger partial charge in [0.05, 0.1) is 12.2 Å². The van der Waals surface area contributed by atoms with Gasteiger partial charge in [-0.2, -0.15) is 5.10 Å². The molecule has 2 aliphatic rings. The van der Waals surface area contributed by atoms with Crippen LogP contribution in [0, 0.1) is 5.92 Å². The fourth-order valence-corrected chi connectivity index (χ4v) is 4.55. The first kappa shape index (κ1) is 19.9. The van der Waals surface area contributed by atoms with E-state index in [2.05, 4.69) is 10.1 Å². The maximum atomic E-state index is 12.9. The van der Waals surface area contributed by atoms with Crippen LogP contribution in [0.3, 0.4) is 0 Å². The Morgan fingerprint density at radius 3 is 2.79 bits per heavy atom. The van der Waals surface area contributed by atoms with E-state index in [1.165, 1.54) is 0 Å². The zero-order valence-corrected chi connectivity index (χ0v) is 17.1. The number of rotatable bonds is 6. The first-order valence-corrected chi connectivity index (χ1v) is 10.7. The number of hydrogen-bond acceptors (Lipinski definition) is 5. The summed E-state index contributed by atoms with van der Waals surface area (Å²) in [7, 11) is 0. The zero-order chi connectivity index (χ0) is 20.1. The fourth-order valence-electron chi connectivity index (χ4n) is 4.55. The van der Waals surface area contributed by atoms with Crippen LogP contribution in [0.2, 0.25) is 0 Å². The van der Waals surface area contributed by atoms with Gasteiger partial charge in [-0.15, -0.1) is 0 Å². The van der Waals surface area contributed by atoms with Crippen LogP contribution in [-0.4, -0.2) is 57.5 Å². The quantitative estimate of drug-likeness (QED) is 0.748. The average Bonchev–Trinajstić information content (AvgIpc) is 3.24. The van der Waals surface area contributed by atoms with Crippen molar-refractivity contribution in [1.29, 1.82) is 0 Å². The summed E-state index contributed by atoms with van der Waals surface area (Å²) in [5.74, 6) is 1.56. The highest BCUT2D eigenvalue weighted by Crippen LogP contribution is 2.39. The van der Waals surface area contributed by atoms with Crippen molar-refractivity contribution in [2.45, 2.75) is 51.2 Å². The minimum Gasteiger partial charge on any atom is -0.493 e. The molecule has 0 radical (unpaired) electrons. The molecule has 2 aromatic heterocycles. The Morgan fingerprint density at radius 1 is 1.24 bits per heavy atom. The van der Waals surface area contributed by atoms with Gasteiger partial charge in [0.25, 0.3) is 5.91 Å². The average molecular weight is 399 g/mol. The molecule has 0 N–H and O–H groups in total. The molecule has 2 aromatic rings. The number of carbonyl (C=O) groups is 1. The van der Waals surface area contributed by atoms with Crippen molar-refractivity contribution in [2.75, 3.05) is 26.3 Å². The Balaban J connectivity index is 1.28. The van der Waals surface area contributed by atoms with E-state index in [1.54, 1.807) is 23.3 Å². The molecule has 0 aromatic carbocycles. The highest BCUT2D eigenvalue weighted by atomic mass is 16.5. The third-order valence-electron chi connectivity index (χ3n) is 6.24. The van der Waals surface area contributed by atoms with E-state index in [4.69, 9.17) is 9.47 Å². The van der Waals surface area contributed by atoms with Crippen LogP contribution >= 0.6 is 0 Å². The molecule has 2 aliphatic heterocycles. The Hall–Kier alpha value is -2.41. The monoisotopic (exact) mass is 398 g/mol. The molecule has 0 aliphatic carbocycles. The van der Waals surface area contributed by atoms with Crippen molar-refractivity contribution in [1.82, 2.24) is 19.7 Å². The number of pyridine rings is 1. The summed E-state index contributed by atoms with van der Waals surface area (Å²) in [6, 6.07) is 5.59. The molecule has 7 heteroatoms. The molecular weight excluding hydrogens is 368 g/mol. The van der Waals surface area contributed by atoms with Gasteiger partial charge >= 0.3 is 0 Å². The summed E-state index contributed by atoms with van der Waals surface area (Å²) >= 11 is 0. The van der Waals surface area contributed by atoms with Crippen LogP contribution < -0.4 is 4.74 Å². The molecule has 4 rings (SSSR count). The first-order valence-electron chi connectivity index (χ1n) is 10.7. The summed E-state index contributed by atoms with van der Waals surface area (Å²) in [4.78, 5) is 18.8. The fraction of sp³-hybridized carbons (Fsp3) is 0.591. The van der Waals surface area contributed by atoms with Crippen molar-refractivity contribution >= 4 is 5.91 Å². The van der Waals surface area contributed by atoms with Crippen LogP contribution in [-0.2, 0) is 11.3 Å². The number of piperidine rings is 1. The Morgan fingerprint density at radius 2 is 2.03 bits per heavy atom. The molecule has 2 fully saturated rings. The Kier molecular flexibility index (Phi) is 6.13. The van der Waals surface area contributed by atoms with Gasteiger partial charge in [0.15, 0.2) is 0 Å². The minimum atomic E-state index is -0.0820. The molecule has 2 saturated heterocycles. The minimum absolute atomic E-state index is 0.0808. The van der Waals surface area contributed by atoms with Gasteiger partial charge in [0.1, 0.15) is 11.4 Å². The molecule has 29 heavy (non-hydrogen) atoms. The summed E-state index contributed by atoms with van der Waals surface area (Å²) < 4.78 is 13.9.